The highest BCUT2D eigenvalue weighted by Crippen LogP contribution is 2.31. The molecule has 1 saturated heterocycles. The van der Waals surface area contributed by atoms with Crippen LogP contribution in [0.25, 0.3) is 0 Å². The monoisotopic (exact) mass is 548 g/mol. The molecule has 2 heterocycles. The summed E-state index contributed by atoms with van der Waals surface area (Å²) in [6.45, 7) is 7.38. The number of carbonyl (C=O) groups excluding carboxylic acids is 4. The largest absolute Gasteiger partial charge is 0.493 e. The van der Waals surface area contributed by atoms with Gasteiger partial charge in [0.2, 0.25) is 5.75 Å². The second-order valence-corrected chi connectivity index (χ2v) is 10.5. The van der Waals surface area contributed by atoms with E-state index in [9.17, 15) is 19.2 Å². The van der Waals surface area contributed by atoms with Crippen LogP contribution < -0.4 is 14.8 Å². The van der Waals surface area contributed by atoms with Crippen LogP contribution in [-0.4, -0.2) is 66.9 Å². The fourth-order valence-electron chi connectivity index (χ4n) is 4.85. The topological polar surface area (TPSA) is 139 Å². The maximum Gasteiger partial charge on any atom is 0.329 e. The van der Waals surface area contributed by atoms with Crippen molar-refractivity contribution >= 4 is 23.8 Å². The summed E-state index contributed by atoms with van der Waals surface area (Å²) >= 11 is 0. The molecule has 3 rings (SSSR count). The lowest BCUT2D eigenvalue weighted by Gasteiger charge is -2.32. The number of hydrogen-bond acceptors (Lipinski definition) is 10. The number of ether oxygens (including phenoxy) is 5. The normalized spacial score (nSPS) is 24.2. The molecule has 0 radical (unpaired) electrons. The van der Waals surface area contributed by atoms with E-state index in [-0.39, 0.29) is 41.4 Å². The third-order valence-corrected chi connectivity index (χ3v) is 6.84. The van der Waals surface area contributed by atoms with Crippen LogP contribution in [0.1, 0.15) is 83.1 Å². The number of methoxy groups -OCH3 is 1. The molecule has 1 N–H and O–H groups in total. The predicted molar refractivity (Wildman–Crippen MR) is 139 cm³/mol. The molecule has 0 aromatic carbocycles. The van der Waals surface area contributed by atoms with E-state index in [4.69, 9.17) is 23.7 Å². The molecule has 1 aromatic rings. The molecule has 0 unspecified atom stereocenters. The van der Waals surface area contributed by atoms with Gasteiger partial charge in [0.05, 0.1) is 19.1 Å². The molecule has 11 heteroatoms. The first-order chi connectivity index (χ1) is 18.6. The Balaban J connectivity index is 1.78. The highest BCUT2D eigenvalue weighted by atomic mass is 16.6. The molecular formula is C28H40N2O9. The van der Waals surface area contributed by atoms with E-state index in [0.717, 1.165) is 25.7 Å². The number of amides is 1. The van der Waals surface area contributed by atoms with E-state index in [1.165, 1.54) is 26.3 Å². The molecule has 0 bridgehead atoms. The minimum Gasteiger partial charge on any atom is -0.493 e. The predicted octanol–water partition coefficient (Wildman–Crippen LogP) is 3.37. The molecule has 11 nitrogen and oxygen atoms in total. The van der Waals surface area contributed by atoms with Crippen LogP contribution in [0.3, 0.4) is 0 Å². The Hall–Kier alpha value is -3.21. The summed E-state index contributed by atoms with van der Waals surface area (Å²) in [7, 11) is 1.37. The van der Waals surface area contributed by atoms with Crippen LogP contribution in [0.5, 0.6) is 11.5 Å². The van der Waals surface area contributed by atoms with Crippen molar-refractivity contribution in [2.75, 3.05) is 13.7 Å². The van der Waals surface area contributed by atoms with Gasteiger partial charge < -0.3 is 29.0 Å². The van der Waals surface area contributed by atoms with Gasteiger partial charge in [0.15, 0.2) is 17.5 Å². The van der Waals surface area contributed by atoms with Crippen LogP contribution >= 0.6 is 0 Å². The average Bonchev–Trinajstić information content (AvgIpc) is 3.44. The van der Waals surface area contributed by atoms with E-state index >= 15 is 0 Å². The van der Waals surface area contributed by atoms with E-state index in [0.29, 0.717) is 19.4 Å². The van der Waals surface area contributed by atoms with Gasteiger partial charge in [-0.2, -0.15) is 0 Å². The van der Waals surface area contributed by atoms with E-state index < -0.39 is 42.2 Å². The third-order valence-electron chi connectivity index (χ3n) is 6.84. The van der Waals surface area contributed by atoms with Gasteiger partial charge in [-0.1, -0.05) is 26.7 Å². The molecule has 1 aliphatic carbocycles. The van der Waals surface area contributed by atoms with Crippen LogP contribution in [0.15, 0.2) is 12.3 Å². The molecule has 2 aliphatic rings. The van der Waals surface area contributed by atoms with Crippen molar-refractivity contribution < 1.29 is 42.9 Å². The molecule has 216 valence electrons. The Morgan fingerprint density at radius 1 is 1.13 bits per heavy atom. The van der Waals surface area contributed by atoms with Gasteiger partial charge >= 0.3 is 17.9 Å². The Kier molecular flexibility index (Phi) is 11.1. The lowest BCUT2D eigenvalue weighted by molar-refractivity contribution is -0.183. The number of cyclic esters (lactones) is 1. The summed E-state index contributed by atoms with van der Waals surface area (Å²) in [6, 6.07) is 0.447. The van der Waals surface area contributed by atoms with Gasteiger partial charge in [-0.25, -0.2) is 9.78 Å². The maximum absolute atomic E-state index is 13.2. The molecule has 4 atom stereocenters. The summed E-state index contributed by atoms with van der Waals surface area (Å²) in [6.07, 6.45) is 4.11. The van der Waals surface area contributed by atoms with Crippen LogP contribution in [-0.2, 0) is 28.6 Å². The maximum atomic E-state index is 13.2. The summed E-state index contributed by atoms with van der Waals surface area (Å²) < 4.78 is 28.2. The van der Waals surface area contributed by atoms with E-state index in [1.54, 1.807) is 6.92 Å². The first-order valence-corrected chi connectivity index (χ1v) is 13.7. The Morgan fingerprint density at radius 2 is 1.85 bits per heavy atom. The Bertz CT molecular complexity index is 1020. The number of aromatic nitrogens is 1. The standard InChI is InChI=1S/C28H40N2O9/c1-16(2)15-36-22-12-8-11-20(28(34)37-17(3)24(22)39-27(33)19-9-6-7-10-19)30-26(32)23-25(38-18(4)31)21(35-5)13-14-29-23/h13-14,16-17,19-20,22,24H,6-12,15H2,1-5H3,(H,30,32)/t17-,20-,22-,24-/m0/s1. The first-order valence-electron chi connectivity index (χ1n) is 13.7. The number of hydrogen-bond donors (Lipinski definition) is 1. The summed E-state index contributed by atoms with van der Waals surface area (Å²) in [5.74, 6) is -2.23. The molecule has 2 fully saturated rings. The Morgan fingerprint density at radius 3 is 2.49 bits per heavy atom. The number of rotatable bonds is 9. The number of carbonyl (C=O) groups is 4. The summed E-state index contributed by atoms with van der Waals surface area (Å²) in [4.78, 5) is 54.9. The van der Waals surface area contributed by atoms with Crippen molar-refractivity contribution in [3.63, 3.8) is 0 Å². The van der Waals surface area contributed by atoms with Crippen LogP contribution in [0.4, 0.5) is 0 Å². The minimum atomic E-state index is -1.01. The van der Waals surface area contributed by atoms with Gasteiger partial charge in [0, 0.05) is 25.8 Å². The zero-order valence-corrected chi connectivity index (χ0v) is 23.4. The van der Waals surface area contributed by atoms with Crippen molar-refractivity contribution in [2.24, 2.45) is 11.8 Å². The molecule has 39 heavy (non-hydrogen) atoms. The third kappa shape index (κ3) is 8.39. The quantitative estimate of drug-likeness (QED) is 0.457. The lowest BCUT2D eigenvalue weighted by atomic mass is 10.0. The van der Waals surface area contributed by atoms with Crippen LogP contribution in [0.2, 0.25) is 0 Å². The zero-order chi connectivity index (χ0) is 28.5. The van der Waals surface area contributed by atoms with Crippen molar-refractivity contribution in [3.05, 3.63) is 18.0 Å². The van der Waals surface area contributed by atoms with Crippen LogP contribution in [0, 0.1) is 11.8 Å². The number of esters is 3. The highest BCUT2D eigenvalue weighted by Gasteiger charge is 2.39. The van der Waals surface area contributed by atoms with Gasteiger partial charge in [-0.15, -0.1) is 0 Å². The van der Waals surface area contributed by atoms with Crippen molar-refractivity contribution in [1.82, 2.24) is 10.3 Å². The van der Waals surface area contributed by atoms with Crippen molar-refractivity contribution in [3.8, 4) is 11.5 Å². The highest BCUT2D eigenvalue weighted by molar-refractivity contribution is 5.98. The molecule has 1 amide bonds. The molecular weight excluding hydrogens is 508 g/mol. The number of nitrogens with zero attached hydrogens (tertiary/aromatic N) is 1. The smallest absolute Gasteiger partial charge is 0.329 e. The second kappa shape index (κ2) is 14.3. The lowest BCUT2D eigenvalue weighted by Crippen LogP contribution is -2.46. The number of nitrogens with one attached hydrogen (secondary N) is 1. The summed E-state index contributed by atoms with van der Waals surface area (Å²) in [5.41, 5.74) is -0.202. The second-order valence-electron chi connectivity index (χ2n) is 10.5. The van der Waals surface area contributed by atoms with Gasteiger partial charge in [-0.3, -0.25) is 14.4 Å². The fraction of sp³-hybridized carbons (Fsp3) is 0.679. The van der Waals surface area contributed by atoms with Gasteiger partial charge in [0.25, 0.3) is 5.91 Å². The van der Waals surface area contributed by atoms with Crippen molar-refractivity contribution in [2.45, 2.75) is 97.0 Å². The minimum absolute atomic E-state index is 0.143. The average molecular weight is 549 g/mol. The Labute approximate surface area is 229 Å². The SMILES string of the molecule is COc1ccnc(C(=O)N[C@H]2CCC[C@H](OCC(C)C)[C@@H](OC(=O)C3CCCC3)[C@H](C)OC2=O)c1OC(C)=O. The fourth-order valence-corrected chi connectivity index (χ4v) is 4.85. The zero-order valence-electron chi connectivity index (χ0n) is 23.4. The molecule has 1 saturated carbocycles. The molecule has 1 aromatic heterocycles. The van der Waals surface area contributed by atoms with Gasteiger partial charge in [-0.05, 0) is 44.9 Å². The van der Waals surface area contributed by atoms with E-state index in [1.807, 2.05) is 13.8 Å². The molecule has 1 aliphatic heterocycles. The van der Waals surface area contributed by atoms with Gasteiger partial charge in [0.1, 0.15) is 12.1 Å². The van der Waals surface area contributed by atoms with Crippen molar-refractivity contribution in [1.29, 1.82) is 0 Å². The summed E-state index contributed by atoms with van der Waals surface area (Å²) in [5, 5.41) is 2.66. The molecule has 0 spiro atoms. The first kappa shape index (κ1) is 30.3. The van der Waals surface area contributed by atoms with E-state index in [2.05, 4.69) is 10.3 Å². The number of pyridine rings is 1.